The molecule has 0 aliphatic carbocycles. The lowest BCUT2D eigenvalue weighted by molar-refractivity contribution is -0.121. The molecule has 19 heavy (non-hydrogen) atoms. The summed E-state index contributed by atoms with van der Waals surface area (Å²) in [6, 6.07) is 7.70. The highest BCUT2D eigenvalue weighted by Gasteiger charge is 2.07. The molecule has 0 atom stereocenters. The smallest absolute Gasteiger partial charge is 0.239 e. The van der Waals surface area contributed by atoms with Gasteiger partial charge in [0.2, 0.25) is 5.91 Å². The molecule has 0 unspecified atom stereocenters. The molecule has 0 aliphatic heterocycles. The summed E-state index contributed by atoms with van der Waals surface area (Å²) in [7, 11) is 1.65. The average molecular weight is 261 g/mol. The second-order valence-electron chi connectivity index (χ2n) is 4.43. The SMILES string of the molecule is COCCCNC(=O)Cn1ccc2cccc(N)c21. The number of hydrogen-bond donors (Lipinski definition) is 2. The maximum Gasteiger partial charge on any atom is 0.239 e. The number of rotatable bonds is 6. The number of para-hydroxylation sites is 1. The lowest BCUT2D eigenvalue weighted by atomic mass is 10.2. The average Bonchev–Trinajstić information content (AvgIpc) is 2.79. The normalized spacial score (nSPS) is 10.8. The summed E-state index contributed by atoms with van der Waals surface area (Å²) in [5.74, 6) is -0.0168. The molecular weight excluding hydrogens is 242 g/mol. The fraction of sp³-hybridized carbons (Fsp3) is 0.357. The second kappa shape index (κ2) is 6.24. The first-order valence-corrected chi connectivity index (χ1v) is 6.31. The highest BCUT2D eigenvalue weighted by Crippen LogP contribution is 2.21. The molecular formula is C14H19N3O2. The van der Waals surface area contributed by atoms with Gasteiger partial charge in [-0.3, -0.25) is 4.79 Å². The Labute approximate surface area is 112 Å². The Hall–Kier alpha value is -2.01. The summed E-state index contributed by atoms with van der Waals surface area (Å²) in [5.41, 5.74) is 7.55. The minimum Gasteiger partial charge on any atom is -0.397 e. The molecule has 1 aromatic carbocycles. The number of nitrogens with zero attached hydrogens (tertiary/aromatic N) is 1. The Balaban J connectivity index is 1.99. The number of aromatic nitrogens is 1. The van der Waals surface area contributed by atoms with Crippen molar-refractivity contribution in [1.29, 1.82) is 0 Å². The van der Waals surface area contributed by atoms with Crippen molar-refractivity contribution in [2.75, 3.05) is 26.0 Å². The third-order valence-electron chi connectivity index (χ3n) is 2.98. The quantitative estimate of drug-likeness (QED) is 0.609. The molecule has 1 amide bonds. The number of hydrogen-bond acceptors (Lipinski definition) is 3. The van der Waals surface area contributed by atoms with E-state index in [1.54, 1.807) is 7.11 Å². The number of carbonyl (C=O) groups is 1. The zero-order valence-corrected chi connectivity index (χ0v) is 11.1. The van der Waals surface area contributed by atoms with Crippen LogP contribution >= 0.6 is 0 Å². The molecule has 0 spiro atoms. The Bertz CT molecular complexity index is 563. The van der Waals surface area contributed by atoms with Crippen molar-refractivity contribution < 1.29 is 9.53 Å². The monoisotopic (exact) mass is 261 g/mol. The van der Waals surface area contributed by atoms with Gasteiger partial charge in [0.1, 0.15) is 6.54 Å². The number of nitrogens with one attached hydrogen (secondary N) is 1. The van der Waals surface area contributed by atoms with Gasteiger partial charge in [-0.05, 0) is 18.6 Å². The minimum atomic E-state index is -0.0168. The molecule has 1 heterocycles. The van der Waals surface area contributed by atoms with Crippen molar-refractivity contribution >= 4 is 22.5 Å². The van der Waals surface area contributed by atoms with E-state index in [1.807, 2.05) is 35.0 Å². The molecule has 0 fully saturated rings. The molecule has 5 nitrogen and oxygen atoms in total. The zero-order valence-electron chi connectivity index (χ0n) is 11.1. The summed E-state index contributed by atoms with van der Waals surface area (Å²) in [4.78, 5) is 11.8. The van der Waals surface area contributed by atoms with E-state index in [-0.39, 0.29) is 12.5 Å². The summed E-state index contributed by atoms with van der Waals surface area (Å²) in [5, 5.41) is 3.91. The molecule has 5 heteroatoms. The van der Waals surface area contributed by atoms with Crippen LogP contribution in [0.1, 0.15) is 6.42 Å². The van der Waals surface area contributed by atoms with Gasteiger partial charge in [-0.2, -0.15) is 0 Å². The lowest BCUT2D eigenvalue weighted by Crippen LogP contribution is -2.28. The first-order valence-electron chi connectivity index (χ1n) is 6.31. The number of anilines is 1. The summed E-state index contributed by atoms with van der Waals surface area (Å²) in [6.45, 7) is 1.56. The van der Waals surface area contributed by atoms with Crippen molar-refractivity contribution in [3.8, 4) is 0 Å². The number of ether oxygens (including phenoxy) is 1. The molecule has 1 aromatic heterocycles. The minimum absolute atomic E-state index is 0.0168. The van der Waals surface area contributed by atoms with Gasteiger partial charge in [0.15, 0.2) is 0 Å². The molecule has 3 N–H and O–H groups in total. The van der Waals surface area contributed by atoms with E-state index < -0.39 is 0 Å². The van der Waals surface area contributed by atoms with Crippen LogP contribution in [0.4, 0.5) is 5.69 Å². The molecule has 102 valence electrons. The van der Waals surface area contributed by atoms with E-state index in [2.05, 4.69) is 5.32 Å². The Morgan fingerprint density at radius 2 is 2.26 bits per heavy atom. The van der Waals surface area contributed by atoms with Gasteiger partial charge in [0.05, 0.1) is 11.2 Å². The predicted molar refractivity (Wildman–Crippen MR) is 75.9 cm³/mol. The summed E-state index contributed by atoms with van der Waals surface area (Å²) >= 11 is 0. The third-order valence-corrected chi connectivity index (χ3v) is 2.98. The van der Waals surface area contributed by atoms with Gasteiger partial charge < -0.3 is 20.4 Å². The van der Waals surface area contributed by atoms with Crippen LogP contribution in [0.5, 0.6) is 0 Å². The topological polar surface area (TPSA) is 69.3 Å². The zero-order chi connectivity index (χ0) is 13.7. The number of fused-ring (bicyclic) bond motifs is 1. The van der Waals surface area contributed by atoms with Crippen LogP contribution in [0.25, 0.3) is 10.9 Å². The standard InChI is InChI=1S/C14H19N3O2/c1-19-9-3-7-16-13(18)10-17-8-6-11-4-2-5-12(15)14(11)17/h2,4-6,8H,3,7,9-10,15H2,1H3,(H,16,18). The predicted octanol–water partition coefficient (Wildman–Crippen LogP) is 1.38. The maximum atomic E-state index is 11.8. The molecule has 0 bridgehead atoms. The van der Waals surface area contributed by atoms with E-state index in [1.165, 1.54) is 0 Å². The second-order valence-corrected chi connectivity index (χ2v) is 4.43. The number of nitrogens with two attached hydrogens (primary N) is 1. The number of benzene rings is 1. The Morgan fingerprint density at radius 3 is 3.05 bits per heavy atom. The summed E-state index contributed by atoms with van der Waals surface area (Å²) in [6.07, 6.45) is 2.70. The maximum absolute atomic E-state index is 11.8. The Morgan fingerprint density at radius 1 is 1.42 bits per heavy atom. The molecule has 0 aliphatic rings. The van der Waals surface area contributed by atoms with Gasteiger partial charge in [0.25, 0.3) is 0 Å². The van der Waals surface area contributed by atoms with Crippen LogP contribution in [0.3, 0.4) is 0 Å². The first-order chi connectivity index (χ1) is 9.22. The highest BCUT2D eigenvalue weighted by molar-refractivity contribution is 5.91. The van der Waals surface area contributed by atoms with Crippen LogP contribution < -0.4 is 11.1 Å². The third kappa shape index (κ3) is 3.26. The highest BCUT2D eigenvalue weighted by atomic mass is 16.5. The van der Waals surface area contributed by atoms with E-state index in [0.717, 1.165) is 17.3 Å². The van der Waals surface area contributed by atoms with Crippen molar-refractivity contribution in [2.24, 2.45) is 0 Å². The van der Waals surface area contributed by atoms with Crippen LogP contribution in [-0.2, 0) is 16.1 Å². The van der Waals surface area contributed by atoms with Crippen molar-refractivity contribution in [2.45, 2.75) is 13.0 Å². The van der Waals surface area contributed by atoms with E-state index in [9.17, 15) is 4.79 Å². The lowest BCUT2D eigenvalue weighted by Gasteiger charge is -2.08. The van der Waals surface area contributed by atoms with Gasteiger partial charge >= 0.3 is 0 Å². The number of methoxy groups -OCH3 is 1. The van der Waals surface area contributed by atoms with Crippen molar-refractivity contribution in [3.63, 3.8) is 0 Å². The van der Waals surface area contributed by atoms with Crippen LogP contribution in [0, 0.1) is 0 Å². The van der Waals surface area contributed by atoms with Crippen LogP contribution in [0.2, 0.25) is 0 Å². The van der Waals surface area contributed by atoms with E-state index in [4.69, 9.17) is 10.5 Å². The first kappa shape index (κ1) is 13.4. The van der Waals surface area contributed by atoms with Crippen LogP contribution in [-0.4, -0.2) is 30.7 Å². The van der Waals surface area contributed by atoms with Crippen molar-refractivity contribution in [3.05, 3.63) is 30.5 Å². The molecule has 2 aromatic rings. The van der Waals surface area contributed by atoms with Crippen LogP contribution in [0.15, 0.2) is 30.5 Å². The fourth-order valence-corrected chi connectivity index (χ4v) is 2.08. The van der Waals surface area contributed by atoms with E-state index >= 15 is 0 Å². The van der Waals surface area contributed by atoms with E-state index in [0.29, 0.717) is 18.8 Å². The largest absolute Gasteiger partial charge is 0.397 e. The molecule has 0 saturated heterocycles. The molecule has 0 radical (unpaired) electrons. The fourth-order valence-electron chi connectivity index (χ4n) is 2.08. The Kier molecular flexibility index (Phi) is 4.41. The van der Waals surface area contributed by atoms with Gasteiger partial charge in [-0.1, -0.05) is 12.1 Å². The number of carbonyl (C=O) groups excluding carboxylic acids is 1. The van der Waals surface area contributed by atoms with Gasteiger partial charge in [-0.25, -0.2) is 0 Å². The number of amides is 1. The van der Waals surface area contributed by atoms with Crippen molar-refractivity contribution in [1.82, 2.24) is 9.88 Å². The van der Waals surface area contributed by atoms with Gasteiger partial charge in [0, 0.05) is 31.8 Å². The van der Waals surface area contributed by atoms with Gasteiger partial charge in [-0.15, -0.1) is 0 Å². The molecule has 0 saturated carbocycles. The molecule has 2 rings (SSSR count). The summed E-state index contributed by atoms with van der Waals surface area (Å²) < 4.78 is 6.80. The number of nitrogen functional groups attached to an aromatic ring is 1.